The van der Waals surface area contributed by atoms with E-state index in [4.69, 9.17) is 20.8 Å². The lowest BCUT2D eigenvalue weighted by Gasteiger charge is -2.26. The van der Waals surface area contributed by atoms with Crippen molar-refractivity contribution < 1.29 is 13.9 Å². The van der Waals surface area contributed by atoms with Crippen molar-refractivity contribution in [1.82, 2.24) is 5.32 Å². The molecule has 1 aromatic carbocycles. The van der Waals surface area contributed by atoms with E-state index in [1.54, 1.807) is 6.08 Å². The Morgan fingerprint density at radius 2 is 2.11 bits per heavy atom. The molecule has 1 unspecified atom stereocenters. The number of morpholine rings is 1. The maximum absolute atomic E-state index is 12.3. The molecule has 2 saturated heterocycles. The minimum atomic E-state index is -0.255. The number of carbonyl (C=O) groups excluding carboxylic acids is 1. The SMILES string of the molecule is Cc1ccc(Cl)cc1NC1NC(=O)/C(=C/c2ccc(N3CCOCC3)o2)S1. The predicted octanol–water partition coefficient (Wildman–Crippen LogP) is 3.68. The minimum absolute atomic E-state index is 0.124. The predicted molar refractivity (Wildman–Crippen MR) is 109 cm³/mol. The van der Waals surface area contributed by atoms with Gasteiger partial charge >= 0.3 is 0 Å². The number of thioether (sulfide) groups is 1. The molecule has 0 aliphatic carbocycles. The van der Waals surface area contributed by atoms with Crippen molar-refractivity contribution in [2.24, 2.45) is 0 Å². The van der Waals surface area contributed by atoms with Crippen LogP contribution < -0.4 is 15.5 Å². The lowest BCUT2D eigenvalue weighted by molar-refractivity contribution is -0.116. The molecular formula is C19H20ClN3O3S. The number of anilines is 2. The van der Waals surface area contributed by atoms with Crippen molar-refractivity contribution in [3.8, 4) is 0 Å². The standard InChI is InChI=1S/C19H20ClN3O3S/c1-12-2-3-13(20)10-15(12)21-19-22-18(24)16(27-19)11-14-4-5-17(26-14)23-6-8-25-9-7-23/h2-5,10-11,19,21H,6-9H2,1H3,(H,22,24)/b16-11-. The normalized spacial score (nSPS) is 21.6. The molecule has 1 aromatic heterocycles. The van der Waals surface area contributed by atoms with Crippen molar-refractivity contribution in [3.63, 3.8) is 0 Å². The van der Waals surface area contributed by atoms with Crippen LogP contribution in [0.15, 0.2) is 39.7 Å². The van der Waals surface area contributed by atoms with Gasteiger partial charge in [-0.05, 0) is 30.7 Å². The van der Waals surface area contributed by atoms with Crippen molar-refractivity contribution >= 4 is 46.9 Å². The van der Waals surface area contributed by atoms with Crippen LogP contribution in [0, 0.1) is 6.92 Å². The molecule has 2 aliphatic heterocycles. The highest BCUT2D eigenvalue weighted by Gasteiger charge is 2.28. The fourth-order valence-corrected chi connectivity index (χ4v) is 4.09. The van der Waals surface area contributed by atoms with E-state index >= 15 is 0 Å². The second-order valence-electron chi connectivity index (χ2n) is 6.36. The number of halogens is 1. The Kier molecular flexibility index (Phi) is 5.33. The molecule has 3 heterocycles. The Bertz CT molecular complexity index is 877. The van der Waals surface area contributed by atoms with Gasteiger partial charge in [-0.1, -0.05) is 29.4 Å². The summed E-state index contributed by atoms with van der Waals surface area (Å²) in [4.78, 5) is 15.0. The second kappa shape index (κ2) is 7.88. The van der Waals surface area contributed by atoms with Gasteiger partial charge in [0, 0.05) is 35.9 Å². The van der Waals surface area contributed by atoms with Gasteiger partial charge in [-0.3, -0.25) is 4.79 Å². The topological polar surface area (TPSA) is 66.7 Å². The molecule has 142 valence electrons. The van der Waals surface area contributed by atoms with Crippen LogP contribution in [0.4, 0.5) is 11.6 Å². The van der Waals surface area contributed by atoms with Gasteiger partial charge in [0.05, 0.1) is 18.1 Å². The third kappa shape index (κ3) is 4.26. The molecule has 2 N–H and O–H groups in total. The Morgan fingerprint density at radius 3 is 2.93 bits per heavy atom. The molecule has 27 heavy (non-hydrogen) atoms. The summed E-state index contributed by atoms with van der Waals surface area (Å²) in [6.45, 7) is 5.01. The third-order valence-corrected chi connectivity index (χ3v) is 5.69. The zero-order chi connectivity index (χ0) is 18.8. The maximum Gasteiger partial charge on any atom is 0.260 e. The average Bonchev–Trinajstić information content (AvgIpc) is 3.26. The molecule has 1 atom stereocenters. The van der Waals surface area contributed by atoms with Crippen LogP contribution in [0.25, 0.3) is 6.08 Å². The molecule has 8 heteroatoms. The monoisotopic (exact) mass is 405 g/mol. The first kappa shape index (κ1) is 18.3. The van der Waals surface area contributed by atoms with Gasteiger partial charge in [-0.25, -0.2) is 0 Å². The first-order chi connectivity index (χ1) is 13.1. The largest absolute Gasteiger partial charge is 0.441 e. The van der Waals surface area contributed by atoms with E-state index in [0.717, 1.165) is 30.2 Å². The molecule has 0 spiro atoms. The zero-order valence-corrected chi connectivity index (χ0v) is 16.4. The molecule has 1 amide bonds. The Balaban J connectivity index is 1.44. The van der Waals surface area contributed by atoms with Crippen molar-refractivity contribution in [2.45, 2.75) is 12.4 Å². The quantitative estimate of drug-likeness (QED) is 0.756. The number of amides is 1. The number of hydrogen-bond acceptors (Lipinski definition) is 6. The number of ether oxygens (including phenoxy) is 1. The number of nitrogens with one attached hydrogen (secondary N) is 2. The van der Waals surface area contributed by atoms with Crippen LogP contribution >= 0.6 is 23.4 Å². The molecule has 2 aromatic rings. The fourth-order valence-electron chi connectivity index (χ4n) is 2.96. The number of carbonyl (C=O) groups is 1. The second-order valence-corrected chi connectivity index (χ2v) is 7.94. The number of furan rings is 1. The lowest BCUT2D eigenvalue weighted by atomic mass is 10.2. The van der Waals surface area contributed by atoms with E-state index in [2.05, 4.69) is 15.5 Å². The van der Waals surface area contributed by atoms with Crippen molar-refractivity contribution in [1.29, 1.82) is 0 Å². The van der Waals surface area contributed by atoms with E-state index in [9.17, 15) is 4.79 Å². The summed E-state index contributed by atoms with van der Waals surface area (Å²) in [5.41, 5.74) is 1.71. The summed E-state index contributed by atoms with van der Waals surface area (Å²) in [5, 5.41) is 6.88. The van der Waals surface area contributed by atoms with Crippen LogP contribution in [0.3, 0.4) is 0 Å². The Labute approximate surface area is 166 Å². The van der Waals surface area contributed by atoms with Crippen LogP contribution in [-0.4, -0.2) is 37.7 Å². The van der Waals surface area contributed by atoms with Gasteiger partial charge in [0.25, 0.3) is 5.91 Å². The first-order valence-corrected chi connectivity index (χ1v) is 9.99. The number of aryl methyl sites for hydroxylation is 1. The van der Waals surface area contributed by atoms with Gasteiger partial charge in [0.1, 0.15) is 5.76 Å². The molecule has 0 saturated carbocycles. The van der Waals surface area contributed by atoms with Crippen molar-refractivity contribution in [2.75, 3.05) is 36.5 Å². The fraction of sp³-hybridized carbons (Fsp3) is 0.316. The van der Waals surface area contributed by atoms with Gasteiger partial charge in [0.2, 0.25) is 0 Å². The number of hydrogen-bond donors (Lipinski definition) is 2. The van der Waals surface area contributed by atoms with E-state index < -0.39 is 0 Å². The summed E-state index contributed by atoms with van der Waals surface area (Å²) >= 11 is 7.48. The highest BCUT2D eigenvalue weighted by molar-refractivity contribution is 8.05. The van der Waals surface area contributed by atoms with Gasteiger partial charge in [0.15, 0.2) is 11.4 Å². The van der Waals surface area contributed by atoms with E-state index in [-0.39, 0.29) is 11.4 Å². The lowest BCUT2D eigenvalue weighted by Crippen LogP contribution is -2.35. The molecule has 2 fully saturated rings. The minimum Gasteiger partial charge on any atom is -0.441 e. The molecule has 6 nitrogen and oxygen atoms in total. The third-order valence-electron chi connectivity index (χ3n) is 4.43. The zero-order valence-electron chi connectivity index (χ0n) is 14.8. The summed E-state index contributed by atoms with van der Waals surface area (Å²) in [7, 11) is 0. The average molecular weight is 406 g/mol. The van der Waals surface area contributed by atoms with Crippen LogP contribution in [0.2, 0.25) is 5.02 Å². The van der Waals surface area contributed by atoms with E-state index in [1.165, 1.54) is 11.8 Å². The van der Waals surface area contributed by atoms with Crippen LogP contribution in [-0.2, 0) is 9.53 Å². The highest BCUT2D eigenvalue weighted by Crippen LogP contribution is 2.32. The summed E-state index contributed by atoms with van der Waals surface area (Å²) in [6.07, 6.45) is 1.77. The summed E-state index contributed by atoms with van der Waals surface area (Å²) in [5.74, 6) is 1.34. The molecule has 0 radical (unpaired) electrons. The Morgan fingerprint density at radius 1 is 1.30 bits per heavy atom. The molecule has 2 aliphatic rings. The molecule has 4 rings (SSSR count). The van der Waals surface area contributed by atoms with Gasteiger partial charge in [-0.2, -0.15) is 0 Å². The Hall–Kier alpha value is -2.09. The highest BCUT2D eigenvalue weighted by atomic mass is 35.5. The number of rotatable bonds is 4. The number of benzene rings is 1. The van der Waals surface area contributed by atoms with E-state index in [0.29, 0.717) is 28.9 Å². The van der Waals surface area contributed by atoms with Crippen LogP contribution in [0.1, 0.15) is 11.3 Å². The van der Waals surface area contributed by atoms with Crippen LogP contribution in [0.5, 0.6) is 0 Å². The molecular weight excluding hydrogens is 386 g/mol. The maximum atomic E-state index is 12.3. The van der Waals surface area contributed by atoms with Gasteiger partial charge in [-0.15, -0.1) is 0 Å². The van der Waals surface area contributed by atoms with E-state index in [1.807, 2.05) is 37.3 Å². The summed E-state index contributed by atoms with van der Waals surface area (Å²) < 4.78 is 11.2. The van der Waals surface area contributed by atoms with Gasteiger partial charge < -0.3 is 24.7 Å². The number of nitrogens with zero attached hydrogens (tertiary/aromatic N) is 1. The smallest absolute Gasteiger partial charge is 0.260 e. The van der Waals surface area contributed by atoms with Crippen molar-refractivity contribution in [3.05, 3.63) is 51.6 Å². The summed E-state index contributed by atoms with van der Waals surface area (Å²) in [6, 6.07) is 9.45. The molecule has 0 bridgehead atoms. The first-order valence-electron chi connectivity index (χ1n) is 8.73.